The highest BCUT2D eigenvalue weighted by molar-refractivity contribution is 4.99. The van der Waals surface area contributed by atoms with Gasteiger partial charge in [-0.15, -0.1) is 0 Å². The summed E-state index contributed by atoms with van der Waals surface area (Å²) in [6, 6.07) is 4.44. The van der Waals surface area contributed by atoms with Crippen molar-refractivity contribution in [2.45, 2.75) is 32.2 Å². The zero-order chi connectivity index (χ0) is 13.5. The van der Waals surface area contributed by atoms with Gasteiger partial charge in [0.15, 0.2) is 0 Å². The van der Waals surface area contributed by atoms with Crippen molar-refractivity contribution >= 4 is 0 Å². The third-order valence-electron chi connectivity index (χ3n) is 3.39. The summed E-state index contributed by atoms with van der Waals surface area (Å²) in [4.78, 5) is 10.8. The molecule has 0 aromatic carbocycles. The molecule has 0 aliphatic carbocycles. The van der Waals surface area contributed by atoms with Crippen LogP contribution in [0, 0.1) is 0 Å². The SMILES string of the molecule is C[C@@H](Cc1cnccn1)N(C)CCCc1ccco1. The quantitative estimate of drug-likeness (QED) is 0.766. The molecule has 0 amide bonds. The summed E-state index contributed by atoms with van der Waals surface area (Å²) in [7, 11) is 2.16. The van der Waals surface area contributed by atoms with E-state index < -0.39 is 0 Å². The molecule has 1 atom stereocenters. The van der Waals surface area contributed by atoms with Crippen LogP contribution in [0.5, 0.6) is 0 Å². The van der Waals surface area contributed by atoms with Crippen LogP contribution in [-0.2, 0) is 12.8 Å². The van der Waals surface area contributed by atoms with Crippen LogP contribution in [0.2, 0.25) is 0 Å². The Morgan fingerprint density at radius 2 is 2.26 bits per heavy atom. The van der Waals surface area contributed by atoms with Crippen LogP contribution in [0.4, 0.5) is 0 Å². The fourth-order valence-corrected chi connectivity index (χ4v) is 2.07. The highest BCUT2D eigenvalue weighted by atomic mass is 16.3. The number of aryl methyl sites for hydroxylation is 1. The van der Waals surface area contributed by atoms with Gasteiger partial charge in [-0.2, -0.15) is 0 Å². The van der Waals surface area contributed by atoms with Gasteiger partial charge in [-0.3, -0.25) is 9.97 Å². The van der Waals surface area contributed by atoms with Crippen molar-refractivity contribution in [3.05, 3.63) is 48.4 Å². The van der Waals surface area contributed by atoms with Crippen molar-refractivity contribution in [2.75, 3.05) is 13.6 Å². The molecule has 0 saturated heterocycles. The first kappa shape index (κ1) is 13.7. The highest BCUT2D eigenvalue weighted by Gasteiger charge is 2.10. The molecule has 4 heteroatoms. The van der Waals surface area contributed by atoms with Crippen LogP contribution >= 0.6 is 0 Å². The summed E-state index contributed by atoms with van der Waals surface area (Å²) in [6.07, 6.45) is 10.1. The lowest BCUT2D eigenvalue weighted by Gasteiger charge is -2.24. The maximum Gasteiger partial charge on any atom is 0.103 e. The maximum atomic E-state index is 5.33. The van der Waals surface area contributed by atoms with E-state index in [2.05, 4.69) is 28.8 Å². The van der Waals surface area contributed by atoms with Gasteiger partial charge in [0.05, 0.1) is 12.0 Å². The van der Waals surface area contributed by atoms with Crippen molar-refractivity contribution in [3.63, 3.8) is 0 Å². The first-order valence-electron chi connectivity index (χ1n) is 6.73. The van der Waals surface area contributed by atoms with Crippen molar-refractivity contribution in [2.24, 2.45) is 0 Å². The van der Waals surface area contributed by atoms with E-state index in [-0.39, 0.29) is 0 Å². The summed E-state index contributed by atoms with van der Waals surface area (Å²) in [5, 5.41) is 0. The molecule has 0 aliphatic rings. The number of aromatic nitrogens is 2. The Morgan fingerprint density at radius 1 is 1.37 bits per heavy atom. The van der Waals surface area contributed by atoms with Gasteiger partial charge in [0.2, 0.25) is 0 Å². The Kier molecular flexibility index (Phi) is 5.10. The molecule has 0 aliphatic heterocycles. The first-order chi connectivity index (χ1) is 9.25. The van der Waals surface area contributed by atoms with E-state index in [0.29, 0.717) is 6.04 Å². The van der Waals surface area contributed by atoms with E-state index in [1.165, 1.54) is 0 Å². The summed E-state index contributed by atoms with van der Waals surface area (Å²) in [6.45, 7) is 3.28. The predicted molar refractivity (Wildman–Crippen MR) is 74.9 cm³/mol. The number of rotatable bonds is 7. The molecule has 4 nitrogen and oxygen atoms in total. The molecule has 0 N–H and O–H groups in total. The lowest BCUT2D eigenvalue weighted by Crippen LogP contribution is -2.32. The second-order valence-corrected chi connectivity index (χ2v) is 4.91. The molecule has 2 aromatic rings. The van der Waals surface area contributed by atoms with Gasteiger partial charge >= 0.3 is 0 Å². The lowest BCUT2D eigenvalue weighted by molar-refractivity contribution is 0.250. The fraction of sp³-hybridized carbons (Fsp3) is 0.467. The summed E-state index contributed by atoms with van der Waals surface area (Å²) >= 11 is 0. The largest absolute Gasteiger partial charge is 0.469 e. The summed E-state index contributed by atoms with van der Waals surface area (Å²) in [5.74, 6) is 1.06. The van der Waals surface area contributed by atoms with E-state index in [9.17, 15) is 0 Å². The molecule has 102 valence electrons. The Balaban J connectivity index is 1.71. The fourth-order valence-electron chi connectivity index (χ4n) is 2.07. The smallest absolute Gasteiger partial charge is 0.103 e. The average Bonchev–Trinajstić information content (AvgIpc) is 2.93. The Bertz CT molecular complexity index is 456. The Morgan fingerprint density at radius 3 is 2.95 bits per heavy atom. The molecule has 2 heterocycles. The lowest BCUT2D eigenvalue weighted by atomic mass is 10.1. The van der Waals surface area contributed by atoms with E-state index in [4.69, 9.17) is 4.42 Å². The molecule has 0 saturated carbocycles. The number of furan rings is 1. The van der Waals surface area contributed by atoms with Crippen molar-refractivity contribution < 1.29 is 4.42 Å². The molecular formula is C15H21N3O. The number of hydrogen-bond donors (Lipinski definition) is 0. The number of hydrogen-bond acceptors (Lipinski definition) is 4. The molecule has 19 heavy (non-hydrogen) atoms. The van der Waals surface area contributed by atoms with E-state index >= 15 is 0 Å². The second kappa shape index (κ2) is 7.04. The third-order valence-corrected chi connectivity index (χ3v) is 3.39. The van der Waals surface area contributed by atoms with Crippen LogP contribution in [0.1, 0.15) is 24.8 Å². The van der Waals surface area contributed by atoms with E-state index in [0.717, 1.165) is 37.3 Å². The molecule has 0 bridgehead atoms. The van der Waals surface area contributed by atoms with E-state index in [1.807, 2.05) is 18.3 Å². The topological polar surface area (TPSA) is 42.2 Å². The Labute approximate surface area is 114 Å². The van der Waals surface area contributed by atoms with Crippen molar-refractivity contribution in [3.8, 4) is 0 Å². The van der Waals surface area contributed by atoms with Crippen molar-refractivity contribution in [1.29, 1.82) is 0 Å². The van der Waals surface area contributed by atoms with Crippen molar-refractivity contribution in [1.82, 2.24) is 14.9 Å². The third kappa shape index (κ3) is 4.48. The van der Waals surface area contributed by atoms with Crippen LogP contribution in [0.3, 0.4) is 0 Å². The van der Waals surface area contributed by atoms with Gasteiger partial charge in [0, 0.05) is 37.5 Å². The van der Waals surface area contributed by atoms with Gasteiger partial charge in [-0.1, -0.05) is 0 Å². The molecule has 2 rings (SSSR count). The zero-order valence-corrected chi connectivity index (χ0v) is 11.6. The minimum absolute atomic E-state index is 0.466. The van der Waals surface area contributed by atoms with Gasteiger partial charge < -0.3 is 9.32 Å². The molecule has 0 fully saturated rings. The standard InChI is InChI=1S/C15H21N3O/c1-13(11-14-12-16-7-8-17-14)18(2)9-3-5-15-6-4-10-19-15/h4,6-8,10,12-13H,3,5,9,11H2,1-2H3/t13-/m0/s1. The minimum Gasteiger partial charge on any atom is -0.469 e. The van der Waals surface area contributed by atoms with Gasteiger partial charge in [0.1, 0.15) is 5.76 Å². The molecular weight excluding hydrogens is 238 g/mol. The maximum absolute atomic E-state index is 5.33. The predicted octanol–water partition coefficient (Wildman–Crippen LogP) is 2.57. The monoisotopic (exact) mass is 259 g/mol. The van der Waals surface area contributed by atoms with Crippen LogP contribution in [0.15, 0.2) is 41.4 Å². The summed E-state index contributed by atoms with van der Waals surface area (Å²) in [5.41, 5.74) is 1.05. The highest BCUT2D eigenvalue weighted by Crippen LogP contribution is 2.07. The number of likely N-dealkylation sites (N-methyl/N-ethyl adjacent to an activating group) is 1. The number of nitrogens with zero attached hydrogens (tertiary/aromatic N) is 3. The molecule has 0 radical (unpaired) electrons. The van der Waals surface area contributed by atoms with Gasteiger partial charge in [-0.25, -0.2) is 0 Å². The van der Waals surface area contributed by atoms with Gasteiger partial charge in [-0.05, 0) is 39.1 Å². The molecule has 0 unspecified atom stereocenters. The zero-order valence-electron chi connectivity index (χ0n) is 11.6. The van der Waals surface area contributed by atoms with Gasteiger partial charge in [0.25, 0.3) is 0 Å². The van der Waals surface area contributed by atoms with Crippen LogP contribution < -0.4 is 0 Å². The average molecular weight is 259 g/mol. The summed E-state index contributed by atoms with van der Waals surface area (Å²) < 4.78 is 5.33. The molecule has 2 aromatic heterocycles. The Hall–Kier alpha value is -1.68. The second-order valence-electron chi connectivity index (χ2n) is 4.91. The van der Waals surface area contributed by atoms with Crippen LogP contribution in [0.25, 0.3) is 0 Å². The van der Waals surface area contributed by atoms with Crippen LogP contribution in [-0.4, -0.2) is 34.5 Å². The normalized spacial score (nSPS) is 12.8. The molecule has 0 spiro atoms. The first-order valence-corrected chi connectivity index (χ1v) is 6.73. The minimum atomic E-state index is 0.466. The van der Waals surface area contributed by atoms with E-state index in [1.54, 1.807) is 18.7 Å².